The molecule has 5 atom stereocenters. The molecule has 2 aliphatic heterocycles. The van der Waals surface area contributed by atoms with E-state index in [-0.39, 0.29) is 6.61 Å². The van der Waals surface area contributed by atoms with Crippen LogP contribution in [0.15, 0.2) is 36.4 Å². The largest absolute Gasteiger partial charge is 0.399 e. The summed E-state index contributed by atoms with van der Waals surface area (Å²) in [5.41, 5.74) is 16.0. The molecule has 0 aliphatic carbocycles. The monoisotopic (exact) mass is 476 g/mol. The maximum atomic E-state index is 9.71. The highest BCUT2D eigenvalue weighted by atomic mass is 16.3. The Morgan fingerprint density at radius 1 is 0.794 bits per heavy atom. The molecule has 0 amide bonds. The van der Waals surface area contributed by atoms with Crippen molar-refractivity contribution in [3.8, 4) is 0 Å². The van der Waals surface area contributed by atoms with Crippen molar-refractivity contribution in [1.82, 2.24) is 0 Å². The normalized spacial score (nSPS) is 25.3. The highest BCUT2D eigenvalue weighted by Gasteiger charge is 2.31. The quantitative estimate of drug-likeness (QED) is 0.255. The molecule has 10 N–H and O–H groups in total. The van der Waals surface area contributed by atoms with Gasteiger partial charge >= 0.3 is 0 Å². The van der Waals surface area contributed by atoms with Gasteiger partial charge in [0.25, 0.3) is 0 Å². The molecule has 10 heteroatoms. The van der Waals surface area contributed by atoms with Gasteiger partial charge in [-0.2, -0.15) is 0 Å². The van der Waals surface area contributed by atoms with Crippen molar-refractivity contribution in [2.24, 2.45) is 0 Å². The van der Waals surface area contributed by atoms with E-state index in [0.29, 0.717) is 49.5 Å². The molecule has 4 rings (SSSR count). The summed E-state index contributed by atoms with van der Waals surface area (Å²) in [5, 5.41) is 56.9. The number of aliphatic hydroxyl groups is 6. The molecule has 0 bridgehead atoms. The van der Waals surface area contributed by atoms with E-state index in [4.69, 9.17) is 16.6 Å². The number of aliphatic hydroxyl groups excluding tert-OH is 6. The van der Waals surface area contributed by atoms with Crippen molar-refractivity contribution in [2.45, 2.75) is 43.9 Å². The van der Waals surface area contributed by atoms with Crippen LogP contribution in [-0.2, 0) is 6.42 Å². The Morgan fingerprint density at radius 3 is 1.71 bits per heavy atom. The second-order valence-corrected chi connectivity index (χ2v) is 8.94. The third-order valence-electron chi connectivity index (χ3n) is 6.19. The number of rotatable bonds is 5. The molecule has 2 saturated heterocycles. The van der Waals surface area contributed by atoms with Crippen molar-refractivity contribution < 1.29 is 30.6 Å². The van der Waals surface area contributed by atoms with Crippen LogP contribution in [0.1, 0.15) is 24.2 Å². The molecule has 2 aromatic carbocycles. The maximum absolute atomic E-state index is 9.71. The summed E-state index contributed by atoms with van der Waals surface area (Å²) >= 11 is 0. The van der Waals surface area contributed by atoms with Gasteiger partial charge in [0.2, 0.25) is 0 Å². The zero-order valence-corrected chi connectivity index (χ0v) is 19.3. The van der Waals surface area contributed by atoms with E-state index in [1.807, 2.05) is 28.0 Å². The minimum absolute atomic E-state index is 0.0510. The Hall–Kier alpha value is -2.60. The molecule has 0 aromatic heterocycles. The van der Waals surface area contributed by atoms with E-state index >= 15 is 0 Å². The van der Waals surface area contributed by atoms with Crippen LogP contribution in [0.2, 0.25) is 0 Å². The molecule has 2 aliphatic rings. The maximum Gasteiger partial charge on any atom is 0.0990 e. The molecule has 2 aromatic rings. The first kappa shape index (κ1) is 26.0. The Morgan fingerprint density at radius 2 is 1.24 bits per heavy atom. The zero-order valence-electron chi connectivity index (χ0n) is 19.3. The van der Waals surface area contributed by atoms with Gasteiger partial charge in [-0.05, 0) is 55.3 Å². The molecule has 34 heavy (non-hydrogen) atoms. The lowest BCUT2D eigenvalue weighted by Gasteiger charge is -2.23. The summed E-state index contributed by atoms with van der Waals surface area (Å²) in [6.45, 7) is 3.26. The van der Waals surface area contributed by atoms with Crippen LogP contribution >= 0.6 is 0 Å². The van der Waals surface area contributed by atoms with Gasteiger partial charge in [-0.1, -0.05) is 0 Å². The Labute approximate surface area is 199 Å². The predicted octanol–water partition coefficient (Wildman–Crippen LogP) is -0.791. The zero-order chi connectivity index (χ0) is 25.0. The van der Waals surface area contributed by atoms with Crippen LogP contribution in [0, 0.1) is 0 Å². The highest BCUT2D eigenvalue weighted by molar-refractivity contribution is 5.62. The fraction of sp³-hybridized carbons (Fsp3) is 0.500. The van der Waals surface area contributed by atoms with Crippen LogP contribution in [0.4, 0.5) is 22.7 Å². The topological polar surface area (TPSA) is 180 Å². The SMILES string of the molecule is CC(O)c1cc(N)ccc1N1CC(O)C(O)C1.Nc1ccc(N2CC(O)C(O)C2)c(CCO)c1. The summed E-state index contributed by atoms with van der Waals surface area (Å²) in [6, 6.07) is 10.7. The smallest absolute Gasteiger partial charge is 0.0990 e. The predicted molar refractivity (Wildman–Crippen MR) is 132 cm³/mol. The van der Waals surface area contributed by atoms with E-state index in [0.717, 1.165) is 16.9 Å². The van der Waals surface area contributed by atoms with Crippen molar-refractivity contribution >= 4 is 22.7 Å². The second kappa shape index (κ2) is 11.2. The molecule has 188 valence electrons. The number of benzene rings is 2. The van der Waals surface area contributed by atoms with E-state index in [2.05, 4.69) is 0 Å². The van der Waals surface area contributed by atoms with Gasteiger partial charge in [-0.15, -0.1) is 0 Å². The van der Waals surface area contributed by atoms with Crippen LogP contribution in [0.25, 0.3) is 0 Å². The van der Waals surface area contributed by atoms with Crippen molar-refractivity contribution in [2.75, 3.05) is 54.1 Å². The number of nitrogens with zero attached hydrogens (tertiary/aromatic N) is 2. The number of nitrogens with two attached hydrogens (primary N) is 2. The Bertz CT molecular complexity index is 939. The molecule has 5 unspecified atom stereocenters. The van der Waals surface area contributed by atoms with Crippen molar-refractivity contribution in [3.05, 3.63) is 47.5 Å². The van der Waals surface area contributed by atoms with E-state index in [9.17, 15) is 25.5 Å². The summed E-state index contributed by atoms with van der Waals surface area (Å²) in [4.78, 5) is 3.77. The molecule has 0 radical (unpaired) electrons. The average molecular weight is 477 g/mol. The lowest BCUT2D eigenvalue weighted by molar-refractivity contribution is 0.0572. The standard InChI is InChI=1S/2C12H18N2O3/c1-7(15)9-4-8(13)2-3-10(9)14-5-11(16)12(17)6-14;13-9-1-2-10(8(5-9)3-4-15)14-6-11(16)12(17)7-14/h2-4,7,11-12,15-17H,5-6,13H2,1H3;1-2,5,11-12,15-17H,3-4,6-7,13H2. The molecule has 0 saturated carbocycles. The van der Waals surface area contributed by atoms with Gasteiger partial charge in [-0.3, -0.25) is 0 Å². The first-order valence-corrected chi connectivity index (χ1v) is 11.4. The van der Waals surface area contributed by atoms with E-state index in [1.54, 1.807) is 25.1 Å². The number of anilines is 4. The van der Waals surface area contributed by atoms with Crippen LogP contribution < -0.4 is 21.3 Å². The fourth-order valence-electron chi connectivity index (χ4n) is 4.36. The van der Waals surface area contributed by atoms with Crippen LogP contribution in [0.5, 0.6) is 0 Å². The van der Waals surface area contributed by atoms with Gasteiger partial charge in [0.1, 0.15) is 0 Å². The number of β-amino-alcohol motifs (C(OH)–C–C–N with tert-alkyl or cyclic N) is 4. The summed E-state index contributed by atoms with van der Waals surface area (Å²) in [6.07, 6.45) is -3.03. The summed E-state index contributed by atoms with van der Waals surface area (Å²) < 4.78 is 0. The van der Waals surface area contributed by atoms with Gasteiger partial charge in [0.05, 0.1) is 30.5 Å². The summed E-state index contributed by atoms with van der Waals surface area (Å²) in [7, 11) is 0. The van der Waals surface area contributed by atoms with Gasteiger partial charge in [0.15, 0.2) is 0 Å². The summed E-state index contributed by atoms with van der Waals surface area (Å²) in [5.74, 6) is 0. The minimum Gasteiger partial charge on any atom is -0.399 e. The Balaban J connectivity index is 0.000000191. The minimum atomic E-state index is -0.741. The molecule has 2 fully saturated rings. The first-order valence-electron chi connectivity index (χ1n) is 11.4. The lowest BCUT2D eigenvalue weighted by atomic mass is 10.1. The first-order chi connectivity index (χ1) is 16.1. The highest BCUT2D eigenvalue weighted by Crippen LogP contribution is 2.31. The molecule has 0 spiro atoms. The van der Waals surface area contributed by atoms with Crippen molar-refractivity contribution in [1.29, 1.82) is 0 Å². The molecular formula is C24H36N4O6. The van der Waals surface area contributed by atoms with E-state index < -0.39 is 30.5 Å². The number of hydrogen-bond donors (Lipinski definition) is 8. The van der Waals surface area contributed by atoms with Crippen LogP contribution in [0.3, 0.4) is 0 Å². The second-order valence-electron chi connectivity index (χ2n) is 8.94. The van der Waals surface area contributed by atoms with Gasteiger partial charge in [0, 0.05) is 61.1 Å². The third kappa shape index (κ3) is 6.09. The van der Waals surface area contributed by atoms with Gasteiger partial charge < -0.3 is 51.9 Å². The van der Waals surface area contributed by atoms with Gasteiger partial charge in [-0.25, -0.2) is 0 Å². The molecule has 2 heterocycles. The average Bonchev–Trinajstić information content (AvgIpc) is 3.29. The van der Waals surface area contributed by atoms with Crippen molar-refractivity contribution in [3.63, 3.8) is 0 Å². The molecule has 10 nitrogen and oxygen atoms in total. The number of hydrogen-bond acceptors (Lipinski definition) is 10. The fourth-order valence-corrected chi connectivity index (χ4v) is 4.36. The lowest BCUT2D eigenvalue weighted by Crippen LogP contribution is -2.23. The van der Waals surface area contributed by atoms with Crippen LogP contribution in [-0.4, -0.2) is 87.8 Å². The number of nitrogen functional groups attached to an aromatic ring is 2. The van der Waals surface area contributed by atoms with E-state index in [1.165, 1.54) is 0 Å². The molecular weight excluding hydrogens is 440 g/mol. The Kier molecular flexibility index (Phi) is 8.58. The third-order valence-corrected chi connectivity index (χ3v) is 6.19.